The van der Waals surface area contributed by atoms with Gasteiger partial charge in [0.15, 0.2) is 5.71 Å². The Kier molecular flexibility index (Phi) is 9.36. The minimum atomic E-state index is -3.66. The number of hydrogen-bond acceptors (Lipinski definition) is 2. The molecule has 0 unspecified atom stereocenters. The SMILES string of the molecule is CC.CC.CC(=[NH2+])C(C)(C)c1cccc(S(N)(=O)=O)c1. The van der Waals surface area contributed by atoms with Crippen molar-refractivity contribution in [2.24, 2.45) is 5.14 Å². The molecule has 1 aromatic carbocycles. The molecule has 0 fully saturated rings. The fourth-order valence-corrected chi connectivity index (χ4v) is 1.85. The fraction of sp³-hybridized carbons (Fsp3) is 0.533. The first-order valence-electron chi connectivity index (χ1n) is 6.88. The van der Waals surface area contributed by atoms with Gasteiger partial charge in [0.05, 0.1) is 10.3 Å². The maximum absolute atomic E-state index is 11.2. The van der Waals surface area contributed by atoms with E-state index in [9.17, 15) is 8.42 Å². The van der Waals surface area contributed by atoms with Crippen LogP contribution in [0.1, 0.15) is 54.0 Å². The van der Waals surface area contributed by atoms with Crippen LogP contribution in [-0.4, -0.2) is 14.1 Å². The summed E-state index contributed by atoms with van der Waals surface area (Å²) in [6, 6.07) is 6.54. The molecule has 0 aromatic heterocycles. The molecule has 0 radical (unpaired) electrons. The van der Waals surface area contributed by atoms with E-state index in [1.54, 1.807) is 12.1 Å². The molecule has 20 heavy (non-hydrogen) atoms. The molecule has 0 spiro atoms. The molecule has 1 rings (SSSR count). The highest BCUT2D eigenvalue weighted by atomic mass is 32.2. The summed E-state index contributed by atoms with van der Waals surface area (Å²) in [6.07, 6.45) is 0. The average molecular weight is 301 g/mol. The quantitative estimate of drug-likeness (QED) is 0.835. The summed E-state index contributed by atoms with van der Waals surface area (Å²) in [7, 11) is -3.66. The molecule has 0 atom stereocenters. The van der Waals surface area contributed by atoms with Crippen molar-refractivity contribution < 1.29 is 13.8 Å². The van der Waals surface area contributed by atoms with Crippen LogP contribution >= 0.6 is 0 Å². The maximum Gasteiger partial charge on any atom is 0.238 e. The van der Waals surface area contributed by atoms with Gasteiger partial charge in [-0.1, -0.05) is 39.8 Å². The van der Waals surface area contributed by atoms with E-state index in [0.717, 1.165) is 11.3 Å². The zero-order chi connectivity index (χ0) is 16.6. The van der Waals surface area contributed by atoms with E-state index in [-0.39, 0.29) is 10.3 Å². The first-order chi connectivity index (χ1) is 9.15. The van der Waals surface area contributed by atoms with E-state index < -0.39 is 10.0 Å². The lowest BCUT2D eigenvalue weighted by Gasteiger charge is -2.20. The zero-order valence-electron chi connectivity index (χ0n) is 13.7. The topological polar surface area (TPSA) is 85.8 Å². The Morgan fingerprint density at radius 1 is 1.15 bits per heavy atom. The van der Waals surface area contributed by atoms with Gasteiger partial charge < -0.3 is 0 Å². The number of sulfonamides is 1. The molecule has 1 aromatic rings. The second-order valence-electron chi connectivity index (χ2n) is 4.38. The largest absolute Gasteiger partial charge is 0.261 e. The predicted molar refractivity (Wildman–Crippen MR) is 86.1 cm³/mol. The predicted octanol–water partition coefficient (Wildman–Crippen LogP) is 1.88. The van der Waals surface area contributed by atoms with Crippen LogP contribution in [0.3, 0.4) is 0 Å². The second-order valence-corrected chi connectivity index (χ2v) is 5.94. The van der Waals surface area contributed by atoms with Gasteiger partial charge in [0.25, 0.3) is 0 Å². The van der Waals surface area contributed by atoms with Crippen molar-refractivity contribution in [2.45, 2.75) is 58.8 Å². The summed E-state index contributed by atoms with van der Waals surface area (Å²) < 4.78 is 22.4. The van der Waals surface area contributed by atoms with Gasteiger partial charge in [0, 0.05) is 6.92 Å². The highest BCUT2D eigenvalue weighted by Gasteiger charge is 2.28. The Morgan fingerprint density at radius 3 is 1.95 bits per heavy atom. The standard InChI is InChI=1S/C11H16N2O2S.2C2H6/c1-8(12)11(2,3)9-5-4-6-10(7-9)16(13,14)15;2*1-2/h4-7,12H,1-3H3,(H2,13,14,15);2*1-2H3/p+1. The smallest absolute Gasteiger partial charge is 0.238 e. The number of rotatable bonds is 3. The Bertz CT molecular complexity index is 520. The van der Waals surface area contributed by atoms with E-state index >= 15 is 0 Å². The molecule has 4 nitrogen and oxygen atoms in total. The number of hydrogen-bond donors (Lipinski definition) is 2. The first-order valence-corrected chi connectivity index (χ1v) is 8.43. The van der Waals surface area contributed by atoms with Gasteiger partial charge in [-0.15, -0.1) is 0 Å². The number of primary sulfonamides is 1. The van der Waals surface area contributed by atoms with Gasteiger partial charge >= 0.3 is 0 Å². The molecule has 0 aliphatic rings. The first kappa shape index (κ1) is 21.1. The summed E-state index contributed by atoms with van der Waals surface area (Å²) >= 11 is 0. The molecule has 0 aliphatic carbocycles. The number of benzene rings is 1. The van der Waals surface area contributed by atoms with E-state index in [2.05, 4.69) is 0 Å². The van der Waals surface area contributed by atoms with Gasteiger partial charge in [-0.25, -0.2) is 13.6 Å². The van der Waals surface area contributed by atoms with Crippen molar-refractivity contribution in [3.8, 4) is 0 Å². The summed E-state index contributed by atoms with van der Waals surface area (Å²) in [4.78, 5) is 0.110. The lowest BCUT2D eigenvalue weighted by molar-refractivity contribution is -0.121. The molecular formula is C15H29N2O2S+. The average Bonchev–Trinajstić information content (AvgIpc) is 2.42. The summed E-state index contributed by atoms with van der Waals surface area (Å²) in [5, 5.41) is 10.9. The van der Waals surface area contributed by atoms with Crippen LogP contribution in [0.25, 0.3) is 0 Å². The van der Waals surface area contributed by atoms with Crippen LogP contribution in [0.15, 0.2) is 29.2 Å². The fourth-order valence-electron chi connectivity index (χ4n) is 1.29. The van der Waals surface area contributed by atoms with Crippen LogP contribution in [-0.2, 0) is 15.4 Å². The monoisotopic (exact) mass is 301 g/mol. The summed E-state index contributed by atoms with van der Waals surface area (Å²) in [5.41, 5.74) is 1.18. The molecule has 0 amide bonds. The van der Waals surface area contributed by atoms with Crippen molar-refractivity contribution in [1.82, 2.24) is 0 Å². The molecule has 0 heterocycles. The van der Waals surface area contributed by atoms with E-state index in [1.165, 1.54) is 6.07 Å². The summed E-state index contributed by atoms with van der Waals surface area (Å²) in [6.45, 7) is 13.7. The van der Waals surface area contributed by atoms with Crippen LogP contribution in [0, 0.1) is 0 Å². The normalized spacial score (nSPS) is 10.6. The Balaban J connectivity index is 0. The Hall–Kier alpha value is -1.20. The van der Waals surface area contributed by atoms with Gasteiger partial charge in [-0.2, -0.15) is 0 Å². The van der Waals surface area contributed by atoms with Crippen molar-refractivity contribution in [3.05, 3.63) is 29.8 Å². The maximum atomic E-state index is 11.2. The molecule has 4 N–H and O–H groups in total. The highest BCUT2D eigenvalue weighted by Crippen LogP contribution is 2.25. The van der Waals surface area contributed by atoms with Gasteiger partial charge in [0.2, 0.25) is 10.0 Å². The molecule has 5 heteroatoms. The summed E-state index contributed by atoms with van der Waals surface area (Å²) in [5.74, 6) is 0. The van der Waals surface area contributed by atoms with Crippen LogP contribution in [0.2, 0.25) is 0 Å². The second kappa shape index (κ2) is 8.87. The third-order valence-corrected chi connectivity index (χ3v) is 3.78. The minimum Gasteiger partial charge on any atom is -0.261 e. The molecule has 116 valence electrons. The van der Waals surface area contributed by atoms with Crippen LogP contribution in [0.4, 0.5) is 0 Å². The lowest BCUT2D eigenvalue weighted by atomic mass is 9.81. The Labute approximate surface area is 124 Å². The molecule has 0 aliphatic heterocycles. The van der Waals surface area contributed by atoms with Crippen molar-refractivity contribution >= 4 is 15.7 Å². The Morgan fingerprint density at radius 2 is 1.60 bits per heavy atom. The third kappa shape index (κ3) is 5.84. The third-order valence-electron chi connectivity index (χ3n) is 2.87. The lowest BCUT2D eigenvalue weighted by Crippen LogP contribution is -2.48. The minimum absolute atomic E-state index is 0.110. The van der Waals surface area contributed by atoms with Crippen molar-refractivity contribution in [3.63, 3.8) is 0 Å². The van der Waals surface area contributed by atoms with Gasteiger partial charge in [-0.3, -0.25) is 5.41 Å². The molecule has 0 saturated carbocycles. The van der Waals surface area contributed by atoms with Crippen LogP contribution in [0.5, 0.6) is 0 Å². The van der Waals surface area contributed by atoms with Gasteiger partial charge in [0.1, 0.15) is 0 Å². The van der Waals surface area contributed by atoms with E-state index in [0.29, 0.717) is 0 Å². The van der Waals surface area contributed by atoms with Crippen LogP contribution < -0.4 is 10.5 Å². The molecular weight excluding hydrogens is 272 g/mol. The van der Waals surface area contributed by atoms with Crippen molar-refractivity contribution in [1.29, 1.82) is 0 Å². The zero-order valence-corrected chi connectivity index (χ0v) is 14.5. The molecule has 0 saturated heterocycles. The van der Waals surface area contributed by atoms with Gasteiger partial charge in [-0.05, 0) is 31.5 Å². The van der Waals surface area contributed by atoms with E-state index in [1.807, 2.05) is 54.5 Å². The molecule has 0 bridgehead atoms. The highest BCUT2D eigenvalue weighted by molar-refractivity contribution is 7.89. The van der Waals surface area contributed by atoms with E-state index in [4.69, 9.17) is 10.5 Å². The number of nitrogens with two attached hydrogens (primary N) is 2. The van der Waals surface area contributed by atoms with Crippen molar-refractivity contribution in [2.75, 3.05) is 0 Å².